The highest BCUT2D eigenvalue weighted by Crippen LogP contribution is 2.13. The van der Waals surface area contributed by atoms with Gasteiger partial charge in [-0.15, -0.1) is 0 Å². The molecule has 0 aromatic carbocycles. The predicted octanol–water partition coefficient (Wildman–Crippen LogP) is 0.544. The van der Waals surface area contributed by atoms with Crippen LogP contribution in [0.15, 0.2) is 18.2 Å². The lowest BCUT2D eigenvalue weighted by Crippen LogP contribution is -2.46. The monoisotopic (exact) mass is 297 g/mol. The largest absolute Gasteiger partial charge is 0.348 e. The van der Waals surface area contributed by atoms with Gasteiger partial charge in [0.05, 0.1) is 6.26 Å². The standard InChI is InChI=1S/C13H19N3O3S/c1-10-4-3-5-12(14-10)13(17)15-11-6-8-16(9-7-11)20(2,18)19/h3-5,11H,6-9H2,1-2H3,(H,15,17). The van der Waals surface area contributed by atoms with Crippen molar-refractivity contribution in [3.63, 3.8) is 0 Å². The summed E-state index contributed by atoms with van der Waals surface area (Å²) in [5.74, 6) is -0.202. The molecule has 0 aliphatic carbocycles. The number of amides is 1. The molecule has 0 unspecified atom stereocenters. The lowest BCUT2D eigenvalue weighted by atomic mass is 10.1. The Labute approximate surface area is 119 Å². The molecule has 20 heavy (non-hydrogen) atoms. The summed E-state index contributed by atoms with van der Waals surface area (Å²) >= 11 is 0. The maximum Gasteiger partial charge on any atom is 0.270 e. The van der Waals surface area contributed by atoms with Crippen LogP contribution in [0.2, 0.25) is 0 Å². The van der Waals surface area contributed by atoms with Gasteiger partial charge in [-0.1, -0.05) is 6.07 Å². The Balaban J connectivity index is 1.91. The molecule has 7 heteroatoms. The first-order chi connectivity index (χ1) is 9.36. The fourth-order valence-corrected chi connectivity index (χ4v) is 3.13. The molecule has 0 spiro atoms. The van der Waals surface area contributed by atoms with Gasteiger partial charge in [0.2, 0.25) is 10.0 Å². The molecule has 1 saturated heterocycles. The summed E-state index contributed by atoms with van der Waals surface area (Å²) in [4.78, 5) is 16.2. The first-order valence-corrected chi connectivity index (χ1v) is 8.41. The minimum atomic E-state index is -3.13. The average molecular weight is 297 g/mol. The molecule has 1 aliphatic rings. The van der Waals surface area contributed by atoms with E-state index in [9.17, 15) is 13.2 Å². The van der Waals surface area contributed by atoms with Crippen molar-refractivity contribution in [2.24, 2.45) is 0 Å². The van der Waals surface area contributed by atoms with E-state index in [0.29, 0.717) is 31.6 Å². The molecule has 1 amide bonds. The van der Waals surface area contributed by atoms with E-state index in [0.717, 1.165) is 5.69 Å². The fraction of sp³-hybridized carbons (Fsp3) is 0.538. The number of nitrogens with one attached hydrogen (secondary N) is 1. The van der Waals surface area contributed by atoms with E-state index in [1.165, 1.54) is 10.6 Å². The summed E-state index contributed by atoms with van der Waals surface area (Å²) in [6.07, 6.45) is 2.47. The van der Waals surface area contributed by atoms with Gasteiger partial charge in [-0.05, 0) is 31.9 Å². The molecule has 1 aromatic rings. The highest BCUT2D eigenvalue weighted by Gasteiger charge is 2.26. The maximum absolute atomic E-state index is 12.0. The minimum Gasteiger partial charge on any atom is -0.348 e. The van der Waals surface area contributed by atoms with Gasteiger partial charge in [0.15, 0.2) is 0 Å². The smallest absolute Gasteiger partial charge is 0.270 e. The number of sulfonamides is 1. The molecule has 110 valence electrons. The number of rotatable bonds is 3. The number of hydrogen-bond donors (Lipinski definition) is 1. The van der Waals surface area contributed by atoms with Gasteiger partial charge < -0.3 is 5.32 Å². The van der Waals surface area contributed by atoms with Crippen molar-refractivity contribution in [3.8, 4) is 0 Å². The Morgan fingerprint density at radius 3 is 2.55 bits per heavy atom. The molecular formula is C13H19N3O3S. The topological polar surface area (TPSA) is 79.4 Å². The molecular weight excluding hydrogens is 278 g/mol. The van der Waals surface area contributed by atoms with Crippen LogP contribution in [0.1, 0.15) is 29.0 Å². The summed E-state index contributed by atoms with van der Waals surface area (Å²) in [5, 5.41) is 2.91. The van der Waals surface area contributed by atoms with Crippen LogP contribution in [0.3, 0.4) is 0 Å². The lowest BCUT2D eigenvalue weighted by molar-refractivity contribution is 0.0918. The normalized spacial score (nSPS) is 17.9. The third-order valence-corrected chi connectivity index (χ3v) is 4.68. The first kappa shape index (κ1) is 14.9. The molecule has 0 bridgehead atoms. The fourth-order valence-electron chi connectivity index (χ4n) is 2.26. The van der Waals surface area contributed by atoms with Crippen molar-refractivity contribution >= 4 is 15.9 Å². The van der Waals surface area contributed by atoms with Crippen LogP contribution < -0.4 is 5.32 Å². The second kappa shape index (κ2) is 5.88. The van der Waals surface area contributed by atoms with Crippen molar-refractivity contribution in [1.29, 1.82) is 0 Å². The van der Waals surface area contributed by atoms with E-state index in [-0.39, 0.29) is 11.9 Å². The molecule has 0 atom stereocenters. The lowest BCUT2D eigenvalue weighted by Gasteiger charge is -2.30. The Morgan fingerprint density at radius 2 is 2.00 bits per heavy atom. The SMILES string of the molecule is Cc1cccc(C(=O)NC2CCN(S(C)(=O)=O)CC2)n1. The van der Waals surface area contributed by atoms with Gasteiger partial charge in [-0.3, -0.25) is 4.79 Å². The number of hydrogen-bond acceptors (Lipinski definition) is 4. The second-order valence-electron chi connectivity index (χ2n) is 5.07. The Morgan fingerprint density at radius 1 is 1.35 bits per heavy atom. The van der Waals surface area contributed by atoms with Crippen molar-refractivity contribution in [3.05, 3.63) is 29.6 Å². The molecule has 1 N–H and O–H groups in total. The van der Waals surface area contributed by atoms with Gasteiger partial charge in [-0.2, -0.15) is 0 Å². The summed E-state index contributed by atoms with van der Waals surface area (Å²) in [7, 11) is -3.13. The number of pyridine rings is 1. The predicted molar refractivity (Wildman–Crippen MR) is 75.9 cm³/mol. The second-order valence-corrected chi connectivity index (χ2v) is 7.06. The van der Waals surface area contributed by atoms with Crippen LogP contribution in [0, 0.1) is 6.92 Å². The van der Waals surface area contributed by atoms with Crippen molar-refractivity contribution in [1.82, 2.24) is 14.6 Å². The number of piperidine rings is 1. The molecule has 1 fully saturated rings. The zero-order valence-electron chi connectivity index (χ0n) is 11.7. The van der Waals surface area contributed by atoms with Gasteiger partial charge >= 0.3 is 0 Å². The molecule has 6 nitrogen and oxygen atoms in total. The zero-order valence-corrected chi connectivity index (χ0v) is 12.5. The van der Waals surface area contributed by atoms with Gasteiger partial charge in [0.1, 0.15) is 5.69 Å². The summed E-state index contributed by atoms with van der Waals surface area (Å²) in [5.41, 5.74) is 1.19. The van der Waals surface area contributed by atoms with Crippen LogP contribution in [-0.4, -0.2) is 49.0 Å². The molecule has 2 rings (SSSR count). The molecule has 2 heterocycles. The van der Waals surface area contributed by atoms with Crippen molar-refractivity contribution < 1.29 is 13.2 Å². The molecule has 0 radical (unpaired) electrons. The Hall–Kier alpha value is -1.47. The van der Waals surface area contributed by atoms with Crippen molar-refractivity contribution in [2.75, 3.05) is 19.3 Å². The number of aryl methyl sites for hydroxylation is 1. The molecule has 1 aromatic heterocycles. The van der Waals surface area contributed by atoms with E-state index < -0.39 is 10.0 Å². The Kier molecular flexibility index (Phi) is 4.39. The Bertz CT molecular complexity index is 593. The molecule has 1 aliphatic heterocycles. The maximum atomic E-state index is 12.0. The van der Waals surface area contributed by atoms with E-state index in [4.69, 9.17) is 0 Å². The van der Waals surface area contributed by atoms with Crippen LogP contribution in [0.4, 0.5) is 0 Å². The minimum absolute atomic E-state index is 0.00260. The van der Waals surface area contributed by atoms with E-state index in [2.05, 4.69) is 10.3 Å². The first-order valence-electron chi connectivity index (χ1n) is 6.56. The van der Waals surface area contributed by atoms with Crippen molar-refractivity contribution in [2.45, 2.75) is 25.8 Å². The average Bonchev–Trinajstić information content (AvgIpc) is 2.38. The highest BCUT2D eigenvalue weighted by molar-refractivity contribution is 7.88. The summed E-state index contributed by atoms with van der Waals surface area (Å²) < 4.78 is 24.3. The summed E-state index contributed by atoms with van der Waals surface area (Å²) in [6, 6.07) is 5.31. The zero-order chi connectivity index (χ0) is 14.8. The van der Waals surface area contributed by atoms with Gasteiger partial charge in [0.25, 0.3) is 5.91 Å². The number of aromatic nitrogens is 1. The van der Waals surface area contributed by atoms with Crippen LogP contribution in [-0.2, 0) is 10.0 Å². The summed E-state index contributed by atoms with van der Waals surface area (Å²) in [6.45, 7) is 2.73. The van der Waals surface area contributed by atoms with Crippen LogP contribution >= 0.6 is 0 Å². The van der Waals surface area contributed by atoms with E-state index in [1.807, 2.05) is 13.0 Å². The third-order valence-electron chi connectivity index (χ3n) is 3.38. The van der Waals surface area contributed by atoms with E-state index in [1.54, 1.807) is 12.1 Å². The van der Waals surface area contributed by atoms with Crippen LogP contribution in [0.5, 0.6) is 0 Å². The number of carbonyl (C=O) groups is 1. The quantitative estimate of drug-likeness (QED) is 0.883. The third kappa shape index (κ3) is 3.77. The number of nitrogens with zero attached hydrogens (tertiary/aromatic N) is 2. The van der Waals surface area contributed by atoms with E-state index >= 15 is 0 Å². The molecule has 0 saturated carbocycles. The number of carbonyl (C=O) groups excluding carboxylic acids is 1. The highest BCUT2D eigenvalue weighted by atomic mass is 32.2. The van der Waals surface area contributed by atoms with Gasteiger partial charge in [-0.25, -0.2) is 17.7 Å². The van der Waals surface area contributed by atoms with Gasteiger partial charge in [0, 0.05) is 24.8 Å². The van der Waals surface area contributed by atoms with Crippen LogP contribution in [0.25, 0.3) is 0 Å².